The molecule has 5 heteroatoms. The van der Waals surface area contributed by atoms with E-state index in [1.54, 1.807) is 0 Å². The van der Waals surface area contributed by atoms with Crippen molar-refractivity contribution in [2.45, 2.75) is 6.42 Å². The smallest absolute Gasteiger partial charge is 0.128 e. The number of alkyl halides is 1. The Labute approximate surface area is 144 Å². The van der Waals surface area contributed by atoms with Crippen molar-refractivity contribution in [2.75, 3.05) is 11.9 Å². The first-order chi connectivity index (χ1) is 10.3. The number of hydrogen-bond donors (Lipinski definition) is 0. The van der Waals surface area contributed by atoms with Crippen molar-refractivity contribution in [3.63, 3.8) is 0 Å². The van der Waals surface area contributed by atoms with E-state index in [0.717, 1.165) is 43.2 Å². The SMILES string of the molecule is BrCCCOc1cc2sncc2cc1-c1ccc(Br)cc1. The fourth-order valence-corrected chi connectivity index (χ4v) is 3.26. The lowest BCUT2D eigenvalue weighted by Crippen LogP contribution is -1.99. The van der Waals surface area contributed by atoms with Crippen LogP contribution in [0.4, 0.5) is 0 Å². The van der Waals surface area contributed by atoms with E-state index in [1.807, 2.05) is 18.3 Å². The minimum Gasteiger partial charge on any atom is -0.493 e. The van der Waals surface area contributed by atoms with Crippen LogP contribution >= 0.6 is 43.4 Å². The van der Waals surface area contributed by atoms with Crippen LogP contribution in [0.2, 0.25) is 0 Å². The Kier molecular flexibility index (Phi) is 4.93. The molecule has 0 radical (unpaired) electrons. The van der Waals surface area contributed by atoms with Crippen molar-refractivity contribution in [3.8, 4) is 16.9 Å². The molecule has 0 aliphatic carbocycles. The van der Waals surface area contributed by atoms with E-state index < -0.39 is 0 Å². The Balaban J connectivity index is 2.04. The number of halogens is 2. The Bertz CT molecular complexity index is 740. The third-order valence-corrected chi connectivity index (χ3v) is 5.00. The monoisotopic (exact) mass is 425 g/mol. The summed E-state index contributed by atoms with van der Waals surface area (Å²) in [5, 5.41) is 2.11. The van der Waals surface area contributed by atoms with Gasteiger partial charge in [0, 0.05) is 33.0 Å². The standard InChI is InChI=1S/C16H13Br2NOS/c17-6-1-7-20-15-9-16-12(10-19-21-16)8-14(15)11-2-4-13(18)5-3-11/h2-5,8-10H,1,6-7H2. The van der Waals surface area contributed by atoms with Gasteiger partial charge in [-0.05, 0) is 41.7 Å². The highest BCUT2D eigenvalue weighted by atomic mass is 79.9. The molecule has 0 spiro atoms. The van der Waals surface area contributed by atoms with Gasteiger partial charge in [0.25, 0.3) is 0 Å². The summed E-state index contributed by atoms with van der Waals surface area (Å²) in [5.74, 6) is 0.926. The van der Waals surface area contributed by atoms with Gasteiger partial charge in [-0.3, -0.25) is 0 Å². The van der Waals surface area contributed by atoms with Gasteiger partial charge in [0.05, 0.1) is 11.3 Å². The lowest BCUT2D eigenvalue weighted by atomic mass is 10.0. The van der Waals surface area contributed by atoms with Gasteiger partial charge in [-0.2, -0.15) is 4.37 Å². The molecule has 1 aromatic heterocycles. The molecular formula is C16H13Br2NOS. The molecule has 0 saturated carbocycles. The van der Waals surface area contributed by atoms with E-state index in [-0.39, 0.29) is 0 Å². The number of ether oxygens (including phenoxy) is 1. The summed E-state index contributed by atoms with van der Waals surface area (Å²) in [7, 11) is 0. The summed E-state index contributed by atoms with van der Waals surface area (Å²) in [5.41, 5.74) is 2.27. The first kappa shape index (κ1) is 15.0. The maximum atomic E-state index is 5.98. The topological polar surface area (TPSA) is 22.1 Å². The summed E-state index contributed by atoms with van der Waals surface area (Å²) in [6.45, 7) is 0.707. The second-order valence-electron chi connectivity index (χ2n) is 4.61. The molecule has 1 heterocycles. The Morgan fingerprint density at radius 3 is 2.71 bits per heavy atom. The molecule has 0 unspecified atom stereocenters. The largest absolute Gasteiger partial charge is 0.493 e. The Morgan fingerprint density at radius 1 is 1.14 bits per heavy atom. The van der Waals surface area contributed by atoms with E-state index in [1.165, 1.54) is 11.5 Å². The van der Waals surface area contributed by atoms with Gasteiger partial charge < -0.3 is 4.74 Å². The van der Waals surface area contributed by atoms with Crippen LogP contribution in [0.3, 0.4) is 0 Å². The van der Waals surface area contributed by atoms with Crippen LogP contribution in [0.25, 0.3) is 21.2 Å². The molecule has 0 bridgehead atoms. The highest BCUT2D eigenvalue weighted by Gasteiger charge is 2.10. The van der Waals surface area contributed by atoms with Gasteiger partial charge in [-0.1, -0.05) is 44.0 Å². The second-order valence-corrected chi connectivity index (χ2v) is 7.15. The van der Waals surface area contributed by atoms with E-state index in [9.17, 15) is 0 Å². The van der Waals surface area contributed by atoms with Gasteiger partial charge in [0.1, 0.15) is 5.75 Å². The molecule has 0 aliphatic rings. The predicted molar refractivity (Wildman–Crippen MR) is 96.7 cm³/mol. The van der Waals surface area contributed by atoms with Crippen molar-refractivity contribution in [1.29, 1.82) is 0 Å². The van der Waals surface area contributed by atoms with Gasteiger partial charge >= 0.3 is 0 Å². The summed E-state index contributed by atoms with van der Waals surface area (Å²) in [6.07, 6.45) is 2.89. The van der Waals surface area contributed by atoms with Crippen molar-refractivity contribution >= 4 is 53.5 Å². The van der Waals surface area contributed by atoms with Gasteiger partial charge in [0.15, 0.2) is 0 Å². The summed E-state index contributed by atoms with van der Waals surface area (Å²) < 4.78 is 12.5. The Morgan fingerprint density at radius 2 is 1.95 bits per heavy atom. The fourth-order valence-electron chi connectivity index (χ4n) is 2.11. The molecule has 0 saturated heterocycles. The van der Waals surface area contributed by atoms with Crippen LogP contribution in [0, 0.1) is 0 Å². The number of aromatic nitrogens is 1. The fraction of sp³-hybridized carbons (Fsp3) is 0.188. The molecule has 0 amide bonds. The third kappa shape index (κ3) is 3.47. The van der Waals surface area contributed by atoms with Crippen molar-refractivity contribution in [1.82, 2.24) is 4.37 Å². The number of benzene rings is 2. The first-order valence-electron chi connectivity index (χ1n) is 6.61. The van der Waals surface area contributed by atoms with E-state index in [0.29, 0.717) is 6.61 Å². The van der Waals surface area contributed by atoms with Crippen LogP contribution in [0.1, 0.15) is 6.42 Å². The Hall–Kier alpha value is -0.910. The quantitative estimate of drug-likeness (QED) is 0.374. The summed E-state index contributed by atoms with van der Waals surface area (Å²) >= 11 is 8.41. The minimum absolute atomic E-state index is 0.707. The van der Waals surface area contributed by atoms with Crippen molar-refractivity contribution in [3.05, 3.63) is 47.1 Å². The number of rotatable bonds is 5. The van der Waals surface area contributed by atoms with Gasteiger partial charge in [-0.25, -0.2) is 0 Å². The molecule has 3 aromatic rings. The van der Waals surface area contributed by atoms with Gasteiger partial charge in [-0.15, -0.1) is 0 Å². The molecule has 0 N–H and O–H groups in total. The van der Waals surface area contributed by atoms with Crippen LogP contribution in [-0.2, 0) is 0 Å². The molecule has 2 aromatic carbocycles. The molecule has 0 fully saturated rings. The van der Waals surface area contributed by atoms with Crippen LogP contribution in [0.5, 0.6) is 5.75 Å². The third-order valence-electron chi connectivity index (χ3n) is 3.15. The first-order valence-corrected chi connectivity index (χ1v) is 9.30. The maximum Gasteiger partial charge on any atom is 0.128 e. The predicted octanol–water partition coefficient (Wildman–Crippen LogP) is 5.89. The molecular weight excluding hydrogens is 414 g/mol. The molecule has 108 valence electrons. The average Bonchev–Trinajstić information content (AvgIpc) is 2.95. The van der Waals surface area contributed by atoms with Crippen LogP contribution in [0.15, 0.2) is 47.1 Å². The highest BCUT2D eigenvalue weighted by molar-refractivity contribution is 9.10. The molecule has 2 nitrogen and oxygen atoms in total. The number of fused-ring (bicyclic) bond motifs is 1. The summed E-state index contributed by atoms with van der Waals surface area (Å²) in [6, 6.07) is 12.6. The normalized spacial score (nSPS) is 11.0. The van der Waals surface area contributed by atoms with Crippen LogP contribution < -0.4 is 4.74 Å². The van der Waals surface area contributed by atoms with E-state index in [4.69, 9.17) is 4.74 Å². The molecule has 21 heavy (non-hydrogen) atoms. The lowest BCUT2D eigenvalue weighted by molar-refractivity contribution is 0.321. The van der Waals surface area contributed by atoms with Gasteiger partial charge in [0.2, 0.25) is 0 Å². The van der Waals surface area contributed by atoms with E-state index >= 15 is 0 Å². The summed E-state index contributed by atoms with van der Waals surface area (Å²) in [4.78, 5) is 0. The molecule has 3 rings (SSSR count). The van der Waals surface area contributed by atoms with Crippen LogP contribution in [-0.4, -0.2) is 16.3 Å². The zero-order valence-electron chi connectivity index (χ0n) is 11.2. The number of nitrogens with zero attached hydrogens (tertiary/aromatic N) is 1. The second kappa shape index (κ2) is 6.90. The zero-order valence-corrected chi connectivity index (χ0v) is 15.2. The average molecular weight is 427 g/mol. The van der Waals surface area contributed by atoms with Crippen molar-refractivity contribution < 1.29 is 4.74 Å². The highest BCUT2D eigenvalue weighted by Crippen LogP contribution is 2.36. The minimum atomic E-state index is 0.707. The molecule has 0 atom stereocenters. The maximum absolute atomic E-state index is 5.98. The molecule has 0 aliphatic heterocycles. The lowest BCUT2D eigenvalue weighted by Gasteiger charge is -2.12. The zero-order chi connectivity index (χ0) is 14.7. The van der Waals surface area contributed by atoms with E-state index in [2.05, 4.69) is 60.5 Å². The number of hydrogen-bond acceptors (Lipinski definition) is 3. The van der Waals surface area contributed by atoms with Crippen molar-refractivity contribution in [2.24, 2.45) is 0 Å².